The van der Waals surface area contributed by atoms with Crippen LogP contribution < -0.4 is 0 Å². The largest absolute Gasteiger partial charge is 0.511 e. The third-order valence-corrected chi connectivity index (χ3v) is 2.45. The quantitative estimate of drug-likeness (QED) is 0.643. The Hall–Kier alpha value is -1.32. The van der Waals surface area contributed by atoms with E-state index >= 15 is 0 Å². The van der Waals surface area contributed by atoms with Crippen LogP contribution >= 0.6 is 0 Å². The standard InChI is InChI=1S/C10H14O4/c1-10(2)5-6(11)4-7(12)8(10)9(13)14-3/h4,8,12H,5H2,1-3H3/t8-/m1/s1. The van der Waals surface area contributed by atoms with E-state index in [0.717, 1.165) is 6.08 Å². The average molecular weight is 198 g/mol. The molecule has 0 saturated carbocycles. The lowest BCUT2D eigenvalue weighted by atomic mass is 9.71. The molecule has 1 atom stereocenters. The molecule has 0 heterocycles. The zero-order chi connectivity index (χ0) is 10.9. The molecule has 0 amide bonds. The third-order valence-electron chi connectivity index (χ3n) is 2.45. The Kier molecular flexibility index (Phi) is 2.64. The Bertz CT molecular complexity index is 301. The molecule has 0 aromatic carbocycles. The van der Waals surface area contributed by atoms with E-state index in [1.54, 1.807) is 13.8 Å². The van der Waals surface area contributed by atoms with Crippen molar-refractivity contribution in [2.75, 3.05) is 7.11 Å². The number of carbonyl (C=O) groups excluding carboxylic acids is 2. The van der Waals surface area contributed by atoms with Crippen LogP contribution in [0.2, 0.25) is 0 Å². The van der Waals surface area contributed by atoms with Crippen LogP contribution in [0.15, 0.2) is 11.8 Å². The van der Waals surface area contributed by atoms with Gasteiger partial charge in [-0.05, 0) is 5.41 Å². The van der Waals surface area contributed by atoms with Crippen LogP contribution in [0.5, 0.6) is 0 Å². The van der Waals surface area contributed by atoms with E-state index in [-0.39, 0.29) is 18.0 Å². The van der Waals surface area contributed by atoms with Gasteiger partial charge in [0, 0.05) is 12.5 Å². The number of aliphatic hydroxyl groups is 1. The molecule has 0 aromatic heterocycles. The van der Waals surface area contributed by atoms with E-state index in [4.69, 9.17) is 0 Å². The van der Waals surface area contributed by atoms with Crippen molar-refractivity contribution in [3.8, 4) is 0 Å². The molecular formula is C10H14O4. The maximum absolute atomic E-state index is 11.4. The number of ketones is 1. The van der Waals surface area contributed by atoms with E-state index in [0.29, 0.717) is 0 Å². The molecule has 14 heavy (non-hydrogen) atoms. The normalized spacial score (nSPS) is 25.5. The zero-order valence-electron chi connectivity index (χ0n) is 8.53. The van der Waals surface area contributed by atoms with Crippen molar-refractivity contribution >= 4 is 11.8 Å². The fourth-order valence-electron chi connectivity index (χ4n) is 1.81. The van der Waals surface area contributed by atoms with Crippen LogP contribution in [0.1, 0.15) is 20.3 Å². The highest BCUT2D eigenvalue weighted by molar-refractivity contribution is 5.94. The molecule has 4 nitrogen and oxygen atoms in total. The lowest BCUT2D eigenvalue weighted by Crippen LogP contribution is -2.38. The minimum Gasteiger partial charge on any atom is -0.511 e. The summed E-state index contributed by atoms with van der Waals surface area (Å²) in [6.45, 7) is 3.52. The highest BCUT2D eigenvalue weighted by Crippen LogP contribution is 2.39. The van der Waals surface area contributed by atoms with E-state index < -0.39 is 17.3 Å². The Morgan fingerprint density at radius 1 is 1.64 bits per heavy atom. The molecule has 4 heteroatoms. The molecule has 0 saturated heterocycles. The van der Waals surface area contributed by atoms with Gasteiger partial charge in [0.25, 0.3) is 0 Å². The minimum atomic E-state index is -0.731. The summed E-state index contributed by atoms with van der Waals surface area (Å²) in [5.41, 5.74) is -0.580. The summed E-state index contributed by atoms with van der Waals surface area (Å²) in [4.78, 5) is 22.5. The second-order valence-corrected chi connectivity index (χ2v) is 4.16. The Labute approximate surface area is 82.6 Å². The molecule has 0 radical (unpaired) electrons. The van der Waals surface area contributed by atoms with E-state index in [1.165, 1.54) is 7.11 Å². The van der Waals surface area contributed by atoms with Gasteiger partial charge >= 0.3 is 5.97 Å². The Morgan fingerprint density at radius 2 is 2.21 bits per heavy atom. The van der Waals surface area contributed by atoms with Crippen molar-refractivity contribution in [3.05, 3.63) is 11.8 Å². The molecule has 1 N–H and O–H groups in total. The number of ether oxygens (including phenoxy) is 1. The van der Waals surface area contributed by atoms with Crippen LogP contribution in [0.25, 0.3) is 0 Å². The van der Waals surface area contributed by atoms with Crippen molar-refractivity contribution in [2.24, 2.45) is 11.3 Å². The first-order valence-electron chi connectivity index (χ1n) is 4.39. The van der Waals surface area contributed by atoms with Crippen molar-refractivity contribution in [2.45, 2.75) is 20.3 Å². The summed E-state index contributed by atoms with van der Waals surface area (Å²) in [5.74, 6) is -1.59. The summed E-state index contributed by atoms with van der Waals surface area (Å²) in [5, 5.41) is 9.52. The van der Waals surface area contributed by atoms with E-state index in [9.17, 15) is 14.7 Å². The molecular weight excluding hydrogens is 184 g/mol. The van der Waals surface area contributed by atoms with Crippen molar-refractivity contribution in [1.29, 1.82) is 0 Å². The van der Waals surface area contributed by atoms with Crippen LogP contribution in [-0.2, 0) is 14.3 Å². The predicted octanol–water partition coefficient (Wildman–Crippen LogP) is 1.22. The molecule has 0 fully saturated rings. The molecule has 78 valence electrons. The highest BCUT2D eigenvalue weighted by atomic mass is 16.5. The summed E-state index contributed by atoms with van der Waals surface area (Å²) in [7, 11) is 1.27. The lowest BCUT2D eigenvalue weighted by Gasteiger charge is -2.33. The number of aliphatic hydroxyl groups excluding tert-OH is 1. The molecule has 0 aliphatic heterocycles. The van der Waals surface area contributed by atoms with Gasteiger partial charge in [-0.15, -0.1) is 0 Å². The number of hydrogen-bond acceptors (Lipinski definition) is 4. The van der Waals surface area contributed by atoms with Gasteiger partial charge in [0.15, 0.2) is 5.78 Å². The second-order valence-electron chi connectivity index (χ2n) is 4.16. The minimum absolute atomic E-state index is 0.160. The van der Waals surface area contributed by atoms with Gasteiger partial charge in [-0.2, -0.15) is 0 Å². The van der Waals surface area contributed by atoms with Gasteiger partial charge < -0.3 is 9.84 Å². The van der Waals surface area contributed by atoms with Crippen LogP contribution in [0.4, 0.5) is 0 Å². The SMILES string of the molecule is COC(=O)[C@H]1C(O)=CC(=O)CC1(C)C. The van der Waals surface area contributed by atoms with Crippen LogP contribution in [0, 0.1) is 11.3 Å². The summed E-state index contributed by atoms with van der Waals surface area (Å²) in [6.07, 6.45) is 1.35. The first kappa shape index (κ1) is 10.8. The highest BCUT2D eigenvalue weighted by Gasteiger charge is 2.43. The lowest BCUT2D eigenvalue weighted by molar-refractivity contribution is -0.150. The first-order valence-corrected chi connectivity index (χ1v) is 4.39. The van der Waals surface area contributed by atoms with Gasteiger partial charge in [0.1, 0.15) is 11.7 Å². The van der Waals surface area contributed by atoms with Crippen molar-refractivity contribution in [1.82, 2.24) is 0 Å². The van der Waals surface area contributed by atoms with Gasteiger partial charge in [-0.25, -0.2) is 0 Å². The van der Waals surface area contributed by atoms with E-state index in [1.807, 2.05) is 0 Å². The Balaban J connectivity index is 3.07. The topological polar surface area (TPSA) is 63.6 Å². The third kappa shape index (κ3) is 1.78. The molecule has 1 rings (SSSR count). The number of rotatable bonds is 1. The zero-order valence-corrected chi connectivity index (χ0v) is 8.53. The van der Waals surface area contributed by atoms with Gasteiger partial charge in [-0.3, -0.25) is 9.59 Å². The average Bonchev–Trinajstić information content (AvgIpc) is 1.99. The molecule has 0 aromatic rings. The maximum Gasteiger partial charge on any atom is 0.316 e. The van der Waals surface area contributed by atoms with Crippen LogP contribution in [-0.4, -0.2) is 24.0 Å². The van der Waals surface area contributed by atoms with Gasteiger partial charge in [0.05, 0.1) is 7.11 Å². The summed E-state index contributed by atoms with van der Waals surface area (Å²) < 4.78 is 4.58. The molecule has 1 aliphatic rings. The molecule has 0 spiro atoms. The number of hydrogen-bond donors (Lipinski definition) is 1. The monoisotopic (exact) mass is 198 g/mol. The molecule has 1 aliphatic carbocycles. The van der Waals surface area contributed by atoms with Crippen molar-refractivity contribution in [3.63, 3.8) is 0 Å². The number of esters is 1. The smallest absolute Gasteiger partial charge is 0.316 e. The van der Waals surface area contributed by atoms with Gasteiger partial charge in [0.2, 0.25) is 0 Å². The number of methoxy groups -OCH3 is 1. The summed E-state index contributed by atoms with van der Waals surface area (Å²) >= 11 is 0. The van der Waals surface area contributed by atoms with E-state index in [2.05, 4.69) is 4.74 Å². The number of carbonyl (C=O) groups is 2. The first-order chi connectivity index (χ1) is 6.38. The Morgan fingerprint density at radius 3 is 2.64 bits per heavy atom. The van der Waals surface area contributed by atoms with Crippen LogP contribution in [0.3, 0.4) is 0 Å². The fourth-order valence-corrected chi connectivity index (χ4v) is 1.81. The second kappa shape index (κ2) is 3.44. The maximum atomic E-state index is 11.4. The summed E-state index contributed by atoms with van der Waals surface area (Å²) in [6, 6.07) is 0. The number of allylic oxidation sites excluding steroid dienone is 1. The predicted molar refractivity (Wildman–Crippen MR) is 49.6 cm³/mol. The fraction of sp³-hybridized carbons (Fsp3) is 0.600. The van der Waals surface area contributed by atoms with Crippen molar-refractivity contribution < 1.29 is 19.4 Å². The molecule has 0 bridgehead atoms. The van der Waals surface area contributed by atoms with Gasteiger partial charge in [-0.1, -0.05) is 13.8 Å². The molecule has 0 unspecified atom stereocenters.